The number of anilines is 1. The minimum atomic E-state index is -0.506. The molecule has 0 aliphatic carbocycles. The summed E-state index contributed by atoms with van der Waals surface area (Å²) in [5.41, 5.74) is 1.91. The van der Waals surface area contributed by atoms with E-state index in [0.717, 1.165) is 10.2 Å². The quantitative estimate of drug-likeness (QED) is 0.754. The molecule has 1 amide bonds. The highest BCUT2D eigenvalue weighted by Gasteiger charge is 2.26. The van der Waals surface area contributed by atoms with Crippen LogP contribution in [0.5, 0.6) is 0 Å². The molecule has 3 aromatic rings. The molecule has 4 rings (SSSR count). The number of aromatic amines is 1. The third-order valence-corrected chi connectivity index (χ3v) is 4.09. The SMILES string of the molecule is O=C1Nc2ccccc2/C1=N\n1c(Cc2ccc(Cl)cc2)n[nH]c1=O. The number of amides is 1. The fourth-order valence-electron chi connectivity index (χ4n) is 2.63. The van der Waals surface area contributed by atoms with Gasteiger partial charge in [0.15, 0.2) is 11.5 Å². The van der Waals surface area contributed by atoms with E-state index in [2.05, 4.69) is 20.6 Å². The zero-order valence-corrected chi connectivity index (χ0v) is 13.6. The molecular formula is C17H12ClN5O2. The molecule has 7 nitrogen and oxygen atoms in total. The lowest BCUT2D eigenvalue weighted by Crippen LogP contribution is -2.21. The normalized spacial score (nSPS) is 14.6. The number of nitrogens with one attached hydrogen (secondary N) is 2. The topological polar surface area (TPSA) is 92.1 Å². The summed E-state index contributed by atoms with van der Waals surface area (Å²) >= 11 is 5.88. The molecule has 124 valence electrons. The summed E-state index contributed by atoms with van der Waals surface area (Å²) in [5.74, 6) is 0.0451. The highest BCUT2D eigenvalue weighted by atomic mass is 35.5. The van der Waals surface area contributed by atoms with Crippen LogP contribution in [0, 0.1) is 0 Å². The van der Waals surface area contributed by atoms with Gasteiger partial charge in [0.25, 0.3) is 5.91 Å². The predicted molar refractivity (Wildman–Crippen MR) is 94.1 cm³/mol. The number of halogens is 1. The zero-order valence-electron chi connectivity index (χ0n) is 12.9. The molecule has 1 aliphatic rings. The van der Waals surface area contributed by atoms with Crippen LogP contribution in [0.25, 0.3) is 0 Å². The van der Waals surface area contributed by atoms with E-state index >= 15 is 0 Å². The third-order valence-electron chi connectivity index (χ3n) is 3.84. The van der Waals surface area contributed by atoms with E-state index in [1.54, 1.807) is 30.3 Å². The van der Waals surface area contributed by atoms with E-state index < -0.39 is 5.69 Å². The fraction of sp³-hybridized carbons (Fsp3) is 0.0588. The number of nitrogens with zero attached hydrogens (tertiary/aromatic N) is 3. The van der Waals surface area contributed by atoms with Gasteiger partial charge in [-0.2, -0.15) is 14.9 Å². The molecular weight excluding hydrogens is 342 g/mol. The second-order valence-electron chi connectivity index (χ2n) is 5.51. The zero-order chi connectivity index (χ0) is 17.4. The van der Waals surface area contributed by atoms with Crippen LogP contribution in [0.4, 0.5) is 5.69 Å². The first-order chi connectivity index (χ1) is 12.1. The Morgan fingerprint density at radius 3 is 2.64 bits per heavy atom. The number of rotatable bonds is 3. The van der Waals surface area contributed by atoms with Crippen molar-refractivity contribution in [3.63, 3.8) is 0 Å². The summed E-state index contributed by atoms with van der Waals surface area (Å²) in [5, 5.41) is 14.0. The van der Waals surface area contributed by atoms with Crippen molar-refractivity contribution >= 4 is 28.9 Å². The third kappa shape index (κ3) is 2.85. The number of para-hydroxylation sites is 1. The maximum atomic E-state index is 12.2. The Bertz CT molecular complexity index is 1050. The van der Waals surface area contributed by atoms with E-state index in [0.29, 0.717) is 28.5 Å². The first-order valence-electron chi connectivity index (χ1n) is 7.52. The van der Waals surface area contributed by atoms with Crippen molar-refractivity contribution in [3.05, 3.63) is 81.0 Å². The molecule has 0 spiro atoms. The molecule has 0 saturated heterocycles. The first-order valence-corrected chi connectivity index (χ1v) is 7.90. The molecule has 0 saturated carbocycles. The van der Waals surface area contributed by atoms with E-state index in [1.807, 2.05) is 18.2 Å². The van der Waals surface area contributed by atoms with Gasteiger partial charge >= 0.3 is 5.69 Å². The smallest absolute Gasteiger partial charge is 0.320 e. The molecule has 25 heavy (non-hydrogen) atoms. The van der Waals surface area contributed by atoms with Crippen LogP contribution in [0.3, 0.4) is 0 Å². The molecule has 0 atom stereocenters. The van der Waals surface area contributed by atoms with Gasteiger partial charge in [-0.15, -0.1) is 0 Å². The van der Waals surface area contributed by atoms with Gasteiger partial charge in [-0.3, -0.25) is 4.79 Å². The molecule has 2 heterocycles. The number of hydrogen-bond donors (Lipinski definition) is 2. The fourth-order valence-corrected chi connectivity index (χ4v) is 2.75. The van der Waals surface area contributed by atoms with Crippen LogP contribution < -0.4 is 11.0 Å². The lowest BCUT2D eigenvalue weighted by Gasteiger charge is -2.02. The van der Waals surface area contributed by atoms with Crippen LogP contribution in [0.1, 0.15) is 17.0 Å². The highest BCUT2D eigenvalue weighted by Crippen LogP contribution is 2.22. The molecule has 0 fully saturated rings. The van der Waals surface area contributed by atoms with Gasteiger partial charge in [-0.05, 0) is 23.8 Å². The number of carbonyl (C=O) groups excluding carboxylic acids is 1. The highest BCUT2D eigenvalue weighted by molar-refractivity contribution is 6.53. The number of benzene rings is 2. The van der Waals surface area contributed by atoms with Crippen LogP contribution >= 0.6 is 11.6 Å². The molecule has 0 bridgehead atoms. The van der Waals surface area contributed by atoms with E-state index in [4.69, 9.17) is 11.6 Å². The van der Waals surface area contributed by atoms with Gasteiger partial charge in [0.2, 0.25) is 0 Å². The van der Waals surface area contributed by atoms with Gasteiger partial charge in [-0.1, -0.05) is 41.9 Å². The number of H-pyrrole nitrogens is 1. The molecule has 2 N–H and O–H groups in total. The van der Waals surface area contributed by atoms with Crippen LogP contribution in [-0.4, -0.2) is 26.5 Å². The van der Waals surface area contributed by atoms with Crippen LogP contribution in [0.2, 0.25) is 5.02 Å². The largest absolute Gasteiger partial charge is 0.364 e. The van der Waals surface area contributed by atoms with Gasteiger partial charge in [0, 0.05) is 17.0 Å². The Labute approximate surface area is 147 Å². The Morgan fingerprint density at radius 1 is 1.08 bits per heavy atom. The monoisotopic (exact) mass is 353 g/mol. The Kier molecular flexibility index (Phi) is 3.70. The lowest BCUT2D eigenvalue weighted by atomic mass is 10.1. The molecule has 2 aromatic carbocycles. The van der Waals surface area contributed by atoms with Crippen molar-refractivity contribution < 1.29 is 4.79 Å². The standard InChI is InChI=1S/C17H12ClN5O2/c18-11-7-5-10(6-8-11)9-14-20-21-17(25)23(14)22-15-12-3-1-2-4-13(12)19-16(15)24/h1-8H,9H2,(H,21,25)(H,19,22,24). The summed E-state index contributed by atoms with van der Waals surface area (Å²) in [6.45, 7) is 0. The maximum Gasteiger partial charge on any atom is 0.364 e. The second-order valence-corrected chi connectivity index (χ2v) is 5.94. The van der Waals surface area contributed by atoms with Crippen molar-refractivity contribution in [1.29, 1.82) is 0 Å². The molecule has 1 aliphatic heterocycles. The van der Waals surface area contributed by atoms with Crippen molar-refractivity contribution in [1.82, 2.24) is 14.9 Å². The lowest BCUT2D eigenvalue weighted by molar-refractivity contribution is -0.110. The van der Waals surface area contributed by atoms with Gasteiger partial charge in [0.05, 0.1) is 5.69 Å². The summed E-state index contributed by atoms with van der Waals surface area (Å²) in [6, 6.07) is 14.4. The number of fused-ring (bicyclic) bond motifs is 1. The summed E-state index contributed by atoms with van der Waals surface area (Å²) in [6.07, 6.45) is 0.371. The number of hydrogen-bond acceptors (Lipinski definition) is 4. The van der Waals surface area contributed by atoms with Crippen LogP contribution in [0.15, 0.2) is 58.4 Å². The Morgan fingerprint density at radius 2 is 1.84 bits per heavy atom. The van der Waals surface area contributed by atoms with E-state index in [9.17, 15) is 9.59 Å². The summed E-state index contributed by atoms with van der Waals surface area (Å²) < 4.78 is 1.12. The van der Waals surface area contributed by atoms with E-state index in [1.165, 1.54) is 0 Å². The Hall–Kier alpha value is -3.19. The van der Waals surface area contributed by atoms with Crippen molar-refractivity contribution in [2.24, 2.45) is 5.10 Å². The maximum absolute atomic E-state index is 12.2. The first kappa shape index (κ1) is 15.3. The molecule has 0 unspecified atom stereocenters. The van der Waals surface area contributed by atoms with E-state index in [-0.39, 0.29) is 11.6 Å². The molecule has 8 heteroatoms. The van der Waals surface area contributed by atoms with Crippen molar-refractivity contribution in [2.75, 3.05) is 5.32 Å². The van der Waals surface area contributed by atoms with Gasteiger partial charge < -0.3 is 5.32 Å². The molecule has 1 aromatic heterocycles. The van der Waals surface area contributed by atoms with Gasteiger partial charge in [-0.25, -0.2) is 9.89 Å². The van der Waals surface area contributed by atoms with Crippen LogP contribution in [-0.2, 0) is 11.2 Å². The summed E-state index contributed by atoms with van der Waals surface area (Å²) in [4.78, 5) is 24.2. The number of carbonyl (C=O) groups is 1. The van der Waals surface area contributed by atoms with Crippen molar-refractivity contribution in [2.45, 2.75) is 6.42 Å². The van der Waals surface area contributed by atoms with Gasteiger partial charge in [0.1, 0.15) is 0 Å². The van der Waals surface area contributed by atoms with Crippen molar-refractivity contribution in [3.8, 4) is 0 Å². The predicted octanol–water partition coefficient (Wildman–Crippen LogP) is 2.02. The minimum Gasteiger partial charge on any atom is -0.320 e. The Balaban J connectivity index is 1.74. The average Bonchev–Trinajstić information content (AvgIpc) is 3.11. The molecule has 0 radical (unpaired) electrons. The minimum absolute atomic E-state index is 0.177. The average molecular weight is 354 g/mol. The summed E-state index contributed by atoms with van der Waals surface area (Å²) in [7, 11) is 0. The second kappa shape index (κ2) is 6.03. The number of aromatic nitrogens is 3.